The molecule has 0 spiro atoms. The molecule has 3 aromatic rings. The van der Waals surface area contributed by atoms with E-state index in [1.165, 1.54) is 0 Å². The van der Waals surface area contributed by atoms with Crippen molar-refractivity contribution < 1.29 is 13.9 Å². The number of rotatable bonds is 8. The standard InChI is InChI=1S/C22H25ClN2O3/c1-24(2)10-11-25(14-16-4-6-18(23)7-5-16)22(26)12-17-15-28-21-13-19(27-3)8-9-20(17)21/h4-9,13,15H,10-12,14H2,1-3H3. The molecule has 1 heterocycles. The first-order valence-corrected chi connectivity index (χ1v) is 9.55. The Hall–Kier alpha value is -2.50. The number of halogens is 1. The van der Waals surface area contributed by atoms with Gasteiger partial charge in [0.25, 0.3) is 0 Å². The Morgan fingerprint density at radius 3 is 2.54 bits per heavy atom. The summed E-state index contributed by atoms with van der Waals surface area (Å²) in [7, 11) is 5.62. The van der Waals surface area contributed by atoms with Crippen LogP contribution in [0.4, 0.5) is 0 Å². The fourth-order valence-electron chi connectivity index (χ4n) is 3.02. The van der Waals surface area contributed by atoms with Gasteiger partial charge in [-0.3, -0.25) is 4.79 Å². The van der Waals surface area contributed by atoms with E-state index in [9.17, 15) is 4.79 Å². The number of hydrogen-bond acceptors (Lipinski definition) is 4. The van der Waals surface area contributed by atoms with Crippen LogP contribution in [-0.4, -0.2) is 50.0 Å². The van der Waals surface area contributed by atoms with Crippen LogP contribution < -0.4 is 4.74 Å². The smallest absolute Gasteiger partial charge is 0.227 e. The molecular weight excluding hydrogens is 376 g/mol. The van der Waals surface area contributed by atoms with E-state index in [1.54, 1.807) is 13.4 Å². The van der Waals surface area contributed by atoms with Crippen molar-refractivity contribution in [2.45, 2.75) is 13.0 Å². The van der Waals surface area contributed by atoms with Crippen LogP contribution in [0.1, 0.15) is 11.1 Å². The van der Waals surface area contributed by atoms with Gasteiger partial charge in [0.05, 0.1) is 19.8 Å². The van der Waals surface area contributed by atoms with Crippen LogP contribution in [0.2, 0.25) is 5.02 Å². The predicted molar refractivity (Wildman–Crippen MR) is 112 cm³/mol. The molecule has 6 heteroatoms. The molecule has 0 bridgehead atoms. The number of likely N-dealkylation sites (N-methyl/N-ethyl adjacent to an activating group) is 1. The average Bonchev–Trinajstić information content (AvgIpc) is 3.08. The minimum atomic E-state index is 0.0651. The molecule has 148 valence electrons. The van der Waals surface area contributed by atoms with Crippen LogP contribution in [0.25, 0.3) is 11.0 Å². The molecule has 0 saturated heterocycles. The lowest BCUT2D eigenvalue weighted by molar-refractivity contribution is -0.131. The van der Waals surface area contributed by atoms with Crippen LogP contribution in [0.5, 0.6) is 5.75 Å². The van der Waals surface area contributed by atoms with E-state index in [2.05, 4.69) is 4.90 Å². The molecule has 0 unspecified atom stereocenters. The molecular formula is C22H25ClN2O3. The van der Waals surface area contributed by atoms with Crippen molar-refractivity contribution in [3.05, 3.63) is 64.9 Å². The van der Waals surface area contributed by atoms with Gasteiger partial charge in [-0.1, -0.05) is 23.7 Å². The molecule has 28 heavy (non-hydrogen) atoms. The molecule has 0 fully saturated rings. The van der Waals surface area contributed by atoms with Gasteiger partial charge in [0.2, 0.25) is 5.91 Å². The summed E-state index contributed by atoms with van der Waals surface area (Å²) in [5, 5.41) is 1.63. The summed E-state index contributed by atoms with van der Waals surface area (Å²) in [6.45, 7) is 1.99. The average molecular weight is 401 g/mol. The third kappa shape index (κ3) is 5.06. The van der Waals surface area contributed by atoms with E-state index >= 15 is 0 Å². The van der Waals surface area contributed by atoms with Gasteiger partial charge in [0.1, 0.15) is 11.3 Å². The molecule has 3 rings (SSSR count). The second kappa shape index (κ2) is 9.13. The van der Waals surface area contributed by atoms with Gasteiger partial charge in [-0.2, -0.15) is 0 Å². The molecule has 2 aromatic carbocycles. The topological polar surface area (TPSA) is 45.9 Å². The van der Waals surface area contributed by atoms with Gasteiger partial charge in [0.15, 0.2) is 0 Å². The second-order valence-electron chi connectivity index (χ2n) is 7.04. The van der Waals surface area contributed by atoms with Crippen molar-refractivity contribution in [2.75, 3.05) is 34.3 Å². The number of methoxy groups -OCH3 is 1. The third-order valence-corrected chi connectivity index (χ3v) is 4.91. The zero-order valence-corrected chi connectivity index (χ0v) is 17.2. The maximum Gasteiger partial charge on any atom is 0.227 e. The van der Waals surface area contributed by atoms with Crippen LogP contribution in [0, 0.1) is 0 Å². The number of carbonyl (C=O) groups is 1. The molecule has 0 radical (unpaired) electrons. The molecule has 0 aliphatic rings. The first kappa shape index (κ1) is 20.2. The first-order valence-electron chi connectivity index (χ1n) is 9.17. The van der Waals surface area contributed by atoms with Gasteiger partial charge in [-0.15, -0.1) is 0 Å². The highest BCUT2D eigenvalue weighted by Gasteiger charge is 2.18. The summed E-state index contributed by atoms with van der Waals surface area (Å²) in [6, 6.07) is 13.3. The van der Waals surface area contributed by atoms with Crippen molar-refractivity contribution >= 4 is 28.5 Å². The third-order valence-electron chi connectivity index (χ3n) is 4.66. The second-order valence-corrected chi connectivity index (χ2v) is 7.48. The highest BCUT2D eigenvalue weighted by atomic mass is 35.5. The Labute approximate surface area is 170 Å². The van der Waals surface area contributed by atoms with E-state index in [0.717, 1.165) is 34.4 Å². The fraction of sp³-hybridized carbons (Fsp3) is 0.318. The molecule has 0 aliphatic heterocycles. The van der Waals surface area contributed by atoms with Crippen LogP contribution >= 0.6 is 11.6 Å². The van der Waals surface area contributed by atoms with Crippen molar-refractivity contribution in [3.63, 3.8) is 0 Å². The van der Waals surface area contributed by atoms with E-state index in [4.69, 9.17) is 20.8 Å². The Kier molecular flexibility index (Phi) is 6.60. The largest absolute Gasteiger partial charge is 0.497 e. The summed E-state index contributed by atoms with van der Waals surface area (Å²) >= 11 is 5.98. The Bertz CT molecular complexity index is 935. The van der Waals surface area contributed by atoms with Crippen LogP contribution in [-0.2, 0) is 17.8 Å². The van der Waals surface area contributed by atoms with Gasteiger partial charge in [-0.05, 0) is 43.9 Å². The molecule has 0 atom stereocenters. The van der Waals surface area contributed by atoms with Crippen molar-refractivity contribution in [1.29, 1.82) is 0 Å². The number of benzene rings is 2. The lowest BCUT2D eigenvalue weighted by Gasteiger charge is -2.24. The molecule has 1 amide bonds. The summed E-state index contributed by atoms with van der Waals surface area (Å²) in [5.41, 5.74) is 2.66. The normalized spacial score (nSPS) is 11.2. The molecule has 0 aliphatic carbocycles. The zero-order chi connectivity index (χ0) is 20.1. The number of amides is 1. The Balaban J connectivity index is 1.77. The Morgan fingerprint density at radius 2 is 1.86 bits per heavy atom. The van der Waals surface area contributed by atoms with E-state index < -0.39 is 0 Å². The van der Waals surface area contributed by atoms with Crippen molar-refractivity contribution in [2.24, 2.45) is 0 Å². The van der Waals surface area contributed by atoms with Crippen molar-refractivity contribution in [3.8, 4) is 5.75 Å². The van der Waals surface area contributed by atoms with E-state index in [1.807, 2.05) is 61.5 Å². The van der Waals surface area contributed by atoms with Gasteiger partial charge in [-0.25, -0.2) is 0 Å². The van der Waals surface area contributed by atoms with E-state index in [-0.39, 0.29) is 5.91 Å². The maximum atomic E-state index is 13.1. The molecule has 0 N–H and O–H groups in total. The summed E-state index contributed by atoms with van der Waals surface area (Å²) in [5.74, 6) is 0.797. The lowest BCUT2D eigenvalue weighted by Crippen LogP contribution is -2.37. The quantitative estimate of drug-likeness (QED) is 0.567. The monoisotopic (exact) mass is 400 g/mol. The predicted octanol–water partition coefficient (Wildman–Crippen LogP) is 4.23. The summed E-state index contributed by atoms with van der Waals surface area (Å²) in [4.78, 5) is 17.0. The van der Waals surface area contributed by atoms with Gasteiger partial charge >= 0.3 is 0 Å². The summed E-state index contributed by atoms with van der Waals surface area (Å²) in [6.07, 6.45) is 1.95. The number of ether oxygens (including phenoxy) is 1. The number of nitrogens with zero attached hydrogens (tertiary/aromatic N) is 2. The zero-order valence-electron chi connectivity index (χ0n) is 16.4. The van der Waals surface area contributed by atoms with Crippen LogP contribution in [0.3, 0.4) is 0 Å². The molecule has 5 nitrogen and oxygen atoms in total. The maximum absolute atomic E-state index is 13.1. The molecule has 0 saturated carbocycles. The minimum Gasteiger partial charge on any atom is -0.497 e. The van der Waals surface area contributed by atoms with Crippen LogP contribution in [0.15, 0.2) is 53.1 Å². The van der Waals surface area contributed by atoms with Gasteiger partial charge in [0, 0.05) is 41.7 Å². The van der Waals surface area contributed by atoms with E-state index in [0.29, 0.717) is 24.5 Å². The first-order chi connectivity index (χ1) is 13.5. The number of furan rings is 1. The number of carbonyl (C=O) groups excluding carboxylic acids is 1. The summed E-state index contributed by atoms with van der Waals surface area (Å²) < 4.78 is 10.9. The Morgan fingerprint density at radius 1 is 1.11 bits per heavy atom. The highest BCUT2D eigenvalue weighted by molar-refractivity contribution is 6.30. The lowest BCUT2D eigenvalue weighted by atomic mass is 10.1. The highest BCUT2D eigenvalue weighted by Crippen LogP contribution is 2.26. The van der Waals surface area contributed by atoms with Crippen molar-refractivity contribution in [1.82, 2.24) is 9.80 Å². The number of fused-ring (bicyclic) bond motifs is 1. The van der Waals surface area contributed by atoms with Gasteiger partial charge < -0.3 is 19.0 Å². The SMILES string of the molecule is COc1ccc2c(CC(=O)N(CCN(C)C)Cc3ccc(Cl)cc3)coc2c1. The number of hydrogen-bond donors (Lipinski definition) is 0. The fourth-order valence-corrected chi connectivity index (χ4v) is 3.15. The molecule has 1 aromatic heterocycles. The minimum absolute atomic E-state index is 0.0651.